The summed E-state index contributed by atoms with van der Waals surface area (Å²) in [5.41, 5.74) is -2.25. The van der Waals surface area contributed by atoms with Crippen LogP contribution in [0.2, 0.25) is 0 Å². The molecule has 0 aliphatic heterocycles. The van der Waals surface area contributed by atoms with Crippen LogP contribution in [0, 0.1) is 0 Å². The molecule has 0 aliphatic carbocycles. The number of benzene rings is 5. The summed E-state index contributed by atoms with van der Waals surface area (Å²) in [6.07, 6.45) is 1.48. The van der Waals surface area contributed by atoms with Crippen molar-refractivity contribution in [1.29, 1.82) is 0 Å². The van der Waals surface area contributed by atoms with E-state index in [1.165, 1.54) is 10.8 Å². The van der Waals surface area contributed by atoms with E-state index >= 15 is 0 Å². The fourth-order valence-electron chi connectivity index (χ4n) is 5.39. The summed E-state index contributed by atoms with van der Waals surface area (Å²) in [5.74, 6) is -1.32. The Bertz CT molecular complexity index is 3370. The number of hydrogen-bond acceptors (Lipinski definition) is 3. The van der Waals surface area contributed by atoms with Crippen LogP contribution >= 0.6 is 0 Å². The van der Waals surface area contributed by atoms with Gasteiger partial charge in [0.15, 0.2) is 5.82 Å². The topological polar surface area (TPSA) is 48.5 Å². The first-order valence-electron chi connectivity index (χ1n) is 22.3. The van der Waals surface area contributed by atoms with E-state index in [0.717, 1.165) is 4.57 Å². The van der Waals surface area contributed by atoms with Crippen molar-refractivity contribution < 1.29 is 24.7 Å². The molecular weight excluding hydrogens is 538 g/mol. The van der Waals surface area contributed by atoms with Gasteiger partial charge in [-0.15, -0.1) is 0 Å². The molecule has 0 bridgehead atoms. The number of aromatic nitrogens is 5. The van der Waals surface area contributed by atoms with Crippen molar-refractivity contribution in [2.45, 2.75) is 0 Å². The largest absolute Gasteiger partial charge is 0.294 e. The van der Waals surface area contributed by atoms with Crippen LogP contribution < -0.4 is 0 Å². The number of hydrogen-bond donors (Lipinski definition) is 0. The minimum Gasteiger partial charge on any atom is -0.294 e. The van der Waals surface area contributed by atoms with Crippen molar-refractivity contribution in [3.63, 3.8) is 0 Å². The van der Waals surface area contributed by atoms with Crippen LogP contribution in [-0.4, -0.2) is 24.1 Å². The molecular formula is C39H25N5. The molecule has 0 radical (unpaired) electrons. The van der Waals surface area contributed by atoms with E-state index in [0.29, 0.717) is 16.3 Å². The van der Waals surface area contributed by atoms with Gasteiger partial charge in [-0.1, -0.05) is 96.8 Å². The second-order valence-corrected chi connectivity index (χ2v) is 9.58. The fraction of sp³-hybridized carbons (Fsp3) is 0. The molecule has 4 heterocycles. The van der Waals surface area contributed by atoms with Gasteiger partial charge in [-0.2, -0.15) is 0 Å². The van der Waals surface area contributed by atoms with E-state index in [1.54, 1.807) is 36.4 Å². The average molecular weight is 582 g/mol. The van der Waals surface area contributed by atoms with Crippen LogP contribution in [0.15, 0.2) is 151 Å². The molecule has 44 heavy (non-hydrogen) atoms. The maximum absolute atomic E-state index is 9.65. The van der Waals surface area contributed by atoms with Gasteiger partial charge in [0, 0.05) is 44.9 Å². The molecule has 0 N–H and O–H groups in total. The van der Waals surface area contributed by atoms with Gasteiger partial charge in [0.25, 0.3) is 0 Å². The average Bonchev–Trinajstić information content (AvgIpc) is 3.80. The minimum atomic E-state index is -0.841. The summed E-state index contributed by atoms with van der Waals surface area (Å²) in [7, 11) is 0. The van der Waals surface area contributed by atoms with Crippen molar-refractivity contribution in [3.05, 3.63) is 151 Å². The monoisotopic (exact) mass is 581 g/mol. The Balaban J connectivity index is 1.56. The highest BCUT2D eigenvalue weighted by Gasteiger charge is 2.20. The second-order valence-electron chi connectivity index (χ2n) is 9.58. The van der Waals surface area contributed by atoms with Gasteiger partial charge in [-0.3, -0.25) is 9.13 Å². The molecule has 9 rings (SSSR count). The van der Waals surface area contributed by atoms with E-state index in [1.807, 2.05) is 0 Å². The SMILES string of the molecule is [2H]c1c(-c2c([2H])c([2H])c([2H])c([2H])c2[2H])nc(-c2c([2H])c([2H])c([2H])c([2H])c2-n2c3ccccc3c3cccnc32)nc1-n1c2c([2H])c([2H])c([2H])c([2H])c2c2c([2H])c([2H])c([2H])c([2H])c21. The maximum atomic E-state index is 9.65. The summed E-state index contributed by atoms with van der Waals surface area (Å²) in [6, 6.07) is -3.21. The van der Waals surface area contributed by atoms with E-state index in [4.69, 9.17) is 20.6 Å². The third-order valence-electron chi connectivity index (χ3n) is 7.19. The van der Waals surface area contributed by atoms with Crippen LogP contribution in [0.25, 0.3) is 77.9 Å². The lowest BCUT2D eigenvalue weighted by Crippen LogP contribution is -2.05. The van der Waals surface area contributed by atoms with Gasteiger partial charge >= 0.3 is 0 Å². The van der Waals surface area contributed by atoms with Gasteiger partial charge < -0.3 is 0 Å². The zero-order valence-corrected chi connectivity index (χ0v) is 22.3. The number of pyridine rings is 1. The molecule has 5 heteroatoms. The molecule has 0 fully saturated rings. The molecule has 4 aromatic heterocycles. The molecule has 0 saturated heterocycles. The molecule has 5 aromatic carbocycles. The molecule has 206 valence electrons. The van der Waals surface area contributed by atoms with Gasteiger partial charge in [0.1, 0.15) is 11.5 Å². The molecule has 0 atom stereocenters. The molecule has 0 amide bonds. The first kappa shape index (κ1) is 12.7. The summed E-state index contributed by atoms with van der Waals surface area (Å²) in [6.45, 7) is 0. The Morgan fingerprint density at radius 1 is 0.545 bits per heavy atom. The number of nitrogens with zero attached hydrogens (tertiary/aromatic N) is 5. The lowest BCUT2D eigenvalue weighted by molar-refractivity contribution is 1.04. The Kier molecular flexibility index (Phi) is 2.80. The van der Waals surface area contributed by atoms with E-state index in [2.05, 4.69) is 15.0 Å². The summed E-state index contributed by atoms with van der Waals surface area (Å²) in [4.78, 5) is 13.8. The van der Waals surface area contributed by atoms with Crippen LogP contribution in [-0.2, 0) is 0 Å². The molecule has 0 spiro atoms. The van der Waals surface area contributed by atoms with Gasteiger partial charge in [-0.05, 0) is 42.4 Å². The molecule has 0 unspecified atom stereocenters. The Morgan fingerprint density at radius 3 is 2.05 bits per heavy atom. The predicted octanol–water partition coefficient (Wildman–Crippen LogP) is 9.40. The van der Waals surface area contributed by atoms with Crippen LogP contribution in [0.3, 0.4) is 0 Å². The zero-order valence-electron chi connectivity index (χ0n) is 40.3. The molecule has 0 saturated carbocycles. The van der Waals surface area contributed by atoms with Crippen molar-refractivity contribution in [2.75, 3.05) is 0 Å². The summed E-state index contributed by atoms with van der Waals surface area (Å²) >= 11 is 0. The van der Waals surface area contributed by atoms with Gasteiger partial charge in [0.2, 0.25) is 0 Å². The quantitative estimate of drug-likeness (QED) is 0.208. The highest BCUT2D eigenvalue weighted by Crippen LogP contribution is 2.37. The van der Waals surface area contributed by atoms with Crippen LogP contribution in [0.4, 0.5) is 0 Å². The maximum Gasteiger partial charge on any atom is 0.164 e. The number of rotatable bonds is 4. The minimum absolute atomic E-state index is 0.248. The third kappa shape index (κ3) is 3.69. The normalized spacial score (nSPS) is 17.4. The number of fused-ring (bicyclic) bond motifs is 6. The molecule has 9 aromatic rings. The van der Waals surface area contributed by atoms with Crippen molar-refractivity contribution in [1.82, 2.24) is 24.1 Å². The van der Waals surface area contributed by atoms with Gasteiger partial charge in [-0.25, -0.2) is 15.0 Å². The Morgan fingerprint density at radius 2 is 1.23 bits per heavy atom. The lowest BCUT2D eigenvalue weighted by Gasteiger charge is -2.15. The molecule has 5 nitrogen and oxygen atoms in total. The Labute approximate surface area is 278 Å². The van der Waals surface area contributed by atoms with Crippen molar-refractivity contribution in [3.8, 4) is 34.2 Å². The summed E-state index contributed by atoms with van der Waals surface area (Å²) in [5, 5.41) is 0.490. The summed E-state index contributed by atoms with van der Waals surface area (Å²) < 4.78 is 161. The fourth-order valence-corrected chi connectivity index (χ4v) is 5.39. The standard InChI is InChI=1S/C39H25N5/c1-2-13-26(14-3-1)32-25-37(43-33-20-8-4-15-27(33)28-16-5-9-21-34(28)43)42-38(41-32)31-18-7-11-23-36(31)44-35-22-10-6-17-29(35)30-19-12-24-40-39(30)44/h1-25H/i1D,2D,3D,4D,5D,7D,8D,9D,11D,13D,14D,15D,16D,18D,20D,21D,23D,25D. The van der Waals surface area contributed by atoms with E-state index < -0.39 is 148 Å². The zero-order chi connectivity index (χ0) is 44.7. The first-order chi connectivity index (χ1) is 29.3. The Hall–Kier alpha value is -6.07. The highest BCUT2D eigenvalue weighted by molar-refractivity contribution is 6.09. The van der Waals surface area contributed by atoms with Crippen LogP contribution in [0.5, 0.6) is 0 Å². The van der Waals surface area contributed by atoms with Gasteiger partial charge in [0.05, 0.1) is 52.6 Å². The highest BCUT2D eigenvalue weighted by atomic mass is 15.1. The first-order valence-corrected chi connectivity index (χ1v) is 13.3. The van der Waals surface area contributed by atoms with Crippen molar-refractivity contribution in [2.24, 2.45) is 0 Å². The lowest BCUT2D eigenvalue weighted by atomic mass is 10.1. The second kappa shape index (κ2) is 9.75. The van der Waals surface area contributed by atoms with Crippen LogP contribution in [0.1, 0.15) is 24.7 Å². The third-order valence-corrected chi connectivity index (χ3v) is 7.19. The predicted molar refractivity (Wildman–Crippen MR) is 179 cm³/mol. The van der Waals surface area contributed by atoms with E-state index in [9.17, 15) is 4.11 Å². The smallest absolute Gasteiger partial charge is 0.164 e. The van der Waals surface area contributed by atoms with Crippen molar-refractivity contribution >= 4 is 43.7 Å². The number of para-hydroxylation sites is 4. The van der Waals surface area contributed by atoms with E-state index in [-0.39, 0.29) is 22.1 Å². The molecule has 0 aliphatic rings.